The van der Waals surface area contributed by atoms with Gasteiger partial charge in [-0.1, -0.05) is 0 Å². The highest BCUT2D eigenvalue weighted by Gasteiger charge is 2.07. The Morgan fingerprint density at radius 3 is 2.53 bits per heavy atom. The third-order valence-corrected chi connectivity index (χ3v) is 2.85. The predicted octanol–water partition coefficient (Wildman–Crippen LogP) is 3.12. The first-order valence-corrected chi connectivity index (χ1v) is 6.40. The van der Waals surface area contributed by atoms with Crippen LogP contribution in [0.3, 0.4) is 0 Å². The monoisotopic (exact) mass is 295 g/mol. The number of hydrogen-bond donors (Lipinski definition) is 2. The molecule has 1 aromatic rings. The number of hydrogen-bond acceptors (Lipinski definition) is 3. The molecule has 0 aliphatic rings. The van der Waals surface area contributed by atoms with Gasteiger partial charge in [-0.15, -0.1) is 0 Å². The van der Waals surface area contributed by atoms with Crippen LogP contribution < -0.4 is 10.6 Å². The molecule has 0 heterocycles. The average molecular weight is 296 g/mol. The maximum absolute atomic E-state index is 8.76. The Hall–Kier alpha value is -1.05. The number of rotatable bonds is 4. The standard InChI is InChI=1S/C13H18BrN3/c1-13(2,3)17-7-6-16-12-5-4-10(9-15)8-11(12)14/h4-5,8,16-17H,6-7H2,1-3H3. The first-order chi connectivity index (χ1) is 7.92. The van der Waals surface area contributed by atoms with Crippen LogP contribution in [0.5, 0.6) is 0 Å². The molecule has 17 heavy (non-hydrogen) atoms. The molecule has 0 amide bonds. The fourth-order valence-electron chi connectivity index (χ4n) is 1.36. The fourth-order valence-corrected chi connectivity index (χ4v) is 1.88. The van der Waals surface area contributed by atoms with Crippen molar-refractivity contribution < 1.29 is 0 Å². The Bertz CT molecular complexity index is 416. The Kier molecular flexibility index (Phi) is 4.98. The molecule has 4 heteroatoms. The molecule has 1 aromatic carbocycles. The normalized spacial score (nSPS) is 11.0. The van der Waals surface area contributed by atoms with E-state index < -0.39 is 0 Å². The molecule has 0 aromatic heterocycles. The molecule has 0 atom stereocenters. The minimum absolute atomic E-state index is 0.142. The van der Waals surface area contributed by atoms with E-state index in [1.807, 2.05) is 18.2 Å². The Morgan fingerprint density at radius 1 is 1.29 bits per heavy atom. The van der Waals surface area contributed by atoms with Gasteiger partial charge in [0.1, 0.15) is 0 Å². The van der Waals surface area contributed by atoms with Crippen molar-refractivity contribution in [3.05, 3.63) is 28.2 Å². The third-order valence-electron chi connectivity index (χ3n) is 2.19. The molecule has 0 fully saturated rings. The first-order valence-electron chi connectivity index (χ1n) is 5.61. The molecule has 92 valence electrons. The van der Waals surface area contributed by atoms with E-state index >= 15 is 0 Å². The van der Waals surface area contributed by atoms with Gasteiger partial charge in [0, 0.05) is 28.8 Å². The van der Waals surface area contributed by atoms with Gasteiger partial charge in [0.05, 0.1) is 11.6 Å². The third kappa shape index (κ3) is 5.20. The largest absolute Gasteiger partial charge is 0.383 e. The first kappa shape index (κ1) is 14.0. The lowest BCUT2D eigenvalue weighted by molar-refractivity contribution is 0.435. The van der Waals surface area contributed by atoms with Crippen LogP contribution in [-0.4, -0.2) is 18.6 Å². The van der Waals surface area contributed by atoms with Gasteiger partial charge in [0.2, 0.25) is 0 Å². The summed E-state index contributed by atoms with van der Waals surface area (Å²) in [6, 6.07) is 7.66. The van der Waals surface area contributed by atoms with Crippen LogP contribution in [0.4, 0.5) is 5.69 Å². The Labute approximate surface area is 111 Å². The van der Waals surface area contributed by atoms with E-state index in [4.69, 9.17) is 5.26 Å². The van der Waals surface area contributed by atoms with Crippen LogP contribution in [0.15, 0.2) is 22.7 Å². The summed E-state index contributed by atoms with van der Waals surface area (Å²) in [6.07, 6.45) is 0. The number of halogens is 1. The van der Waals surface area contributed by atoms with Gasteiger partial charge >= 0.3 is 0 Å². The molecule has 0 aliphatic heterocycles. The quantitative estimate of drug-likeness (QED) is 0.839. The van der Waals surface area contributed by atoms with Crippen LogP contribution >= 0.6 is 15.9 Å². The highest BCUT2D eigenvalue weighted by molar-refractivity contribution is 9.10. The van der Waals surface area contributed by atoms with E-state index in [1.54, 1.807) is 0 Å². The van der Waals surface area contributed by atoms with Crippen LogP contribution in [0, 0.1) is 11.3 Å². The van der Waals surface area contributed by atoms with Crippen LogP contribution in [0.1, 0.15) is 26.3 Å². The number of anilines is 1. The summed E-state index contributed by atoms with van der Waals surface area (Å²) >= 11 is 3.45. The van der Waals surface area contributed by atoms with Gasteiger partial charge in [-0.2, -0.15) is 5.26 Å². The zero-order chi connectivity index (χ0) is 12.9. The molecule has 0 saturated carbocycles. The van der Waals surface area contributed by atoms with E-state index in [9.17, 15) is 0 Å². The minimum atomic E-state index is 0.142. The predicted molar refractivity (Wildman–Crippen MR) is 75.1 cm³/mol. The summed E-state index contributed by atoms with van der Waals surface area (Å²) in [7, 11) is 0. The lowest BCUT2D eigenvalue weighted by Gasteiger charge is -2.20. The molecule has 0 spiro atoms. The molecule has 1 rings (SSSR count). The highest BCUT2D eigenvalue weighted by atomic mass is 79.9. The Balaban J connectivity index is 2.45. The Morgan fingerprint density at radius 2 is 2.00 bits per heavy atom. The SMILES string of the molecule is CC(C)(C)NCCNc1ccc(C#N)cc1Br. The minimum Gasteiger partial charge on any atom is -0.383 e. The van der Waals surface area contributed by atoms with Gasteiger partial charge in [-0.3, -0.25) is 0 Å². The van der Waals surface area contributed by atoms with Crippen molar-refractivity contribution in [2.75, 3.05) is 18.4 Å². The maximum Gasteiger partial charge on any atom is 0.0992 e. The topological polar surface area (TPSA) is 47.8 Å². The van der Waals surface area contributed by atoms with Crippen LogP contribution in [0.25, 0.3) is 0 Å². The second kappa shape index (κ2) is 6.04. The second-order valence-corrected chi connectivity index (χ2v) is 5.76. The molecule has 0 unspecified atom stereocenters. The van der Waals surface area contributed by atoms with Gasteiger partial charge in [-0.05, 0) is 54.9 Å². The molecular weight excluding hydrogens is 278 g/mol. The van der Waals surface area contributed by atoms with Crippen molar-refractivity contribution >= 4 is 21.6 Å². The number of benzene rings is 1. The van der Waals surface area contributed by atoms with E-state index in [-0.39, 0.29) is 5.54 Å². The molecule has 3 nitrogen and oxygen atoms in total. The fraction of sp³-hybridized carbons (Fsp3) is 0.462. The van der Waals surface area contributed by atoms with Gasteiger partial charge in [0.25, 0.3) is 0 Å². The smallest absolute Gasteiger partial charge is 0.0992 e. The van der Waals surface area contributed by atoms with Crippen molar-refractivity contribution in [3.63, 3.8) is 0 Å². The zero-order valence-electron chi connectivity index (χ0n) is 10.5. The zero-order valence-corrected chi connectivity index (χ0v) is 12.1. The summed E-state index contributed by atoms with van der Waals surface area (Å²) in [5.74, 6) is 0. The molecular formula is C13H18BrN3. The van der Waals surface area contributed by atoms with E-state index in [2.05, 4.69) is 53.4 Å². The summed E-state index contributed by atoms with van der Waals surface area (Å²) in [5, 5.41) is 15.5. The summed E-state index contributed by atoms with van der Waals surface area (Å²) < 4.78 is 0.923. The number of nitrogens with one attached hydrogen (secondary N) is 2. The van der Waals surface area contributed by atoms with Crippen LogP contribution in [0.2, 0.25) is 0 Å². The molecule has 0 radical (unpaired) electrons. The molecule has 0 saturated heterocycles. The molecule has 0 aliphatic carbocycles. The second-order valence-electron chi connectivity index (χ2n) is 4.91. The van der Waals surface area contributed by atoms with Crippen molar-refractivity contribution in [1.29, 1.82) is 5.26 Å². The van der Waals surface area contributed by atoms with Crippen molar-refractivity contribution in [1.82, 2.24) is 5.32 Å². The lowest BCUT2D eigenvalue weighted by Crippen LogP contribution is -2.38. The van der Waals surface area contributed by atoms with Gasteiger partial charge < -0.3 is 10.6 Å². The maximum atomic E-state index is 8.76. The van der Waals surface area contributed by atoms with E-state index in [0.717, 1.165) is 23.2 Å². The summed E-state index contributed by atoms with van der Waals surface area (Å²) in [5.41, 5.74) is 1.82. The summed E-state index contributed by atoms with van der Waals surface area (Å²) in [4.78, 5) is 0. The van der Waals surface area contributed by atoms with Gasteiger partial charge in [-0.25, -0.2) is 0 Å². The van der Waals surface area contributed by atoms with E-state index in [1.165, 1.54) is 0 Å². The van der Waals surface area contributed by atoms with Gasteiger partial charge in [0.15, 0.2) is 0 Å². The summed E-state index contributed by atoms with van der Waals surface area (Å²) in [6.45, 7) is 8.18. The number of nitrogens with zero attached hydrogens (tertiary/aromatic N) is 1. The number of nitriles is 1. The highest BCUT2D eigenvalue weighted by Crippen LogP contribution is 2.22. The lowest BCUT2D eigenvalue weighted by atomic mass is 10.1. The molecule has 0 bridgehead atoms. The average Bonchev–Trinajstić information content (AvgIpc) is 2.24. The van der Waals surface area contributed by atoms with Crippen LogP contribution in [-0.2, 0) is 0 Å². The van der Waals surface area contributed by atoms with Crippen molar-refractivity contribution in [2.45, 2.75) is 26.3 Å². The van der Waals surface area contributed by atoms with E-state index in [0.29, 0.717) is 5.56 Å². The molecule has 2 N–H and O–H groups in total. The van der Waals surface area contributed by atoms with Crippen molar-refractivity contribution in [3.8, 4) is 6.07 Å². The van der Waals surface area contributed by atoms with Crippen molar-refractivity contribution in [2.24, 2.45) is 0 Å².